The van der Waals surface area contributed by atoms with Crippen molar-refractivity contribution in [3.63, 3.8) is 0 Å². The lowest BCUT2D eigenvalue weighted by Crippen LogP contribution is -2.52. The Morgan fingerprint density at radius 1 is 1.25 bits per heavy atom. The van der Waals surface area contributed by atoms with Crippen LogP contribution in [-0.2, 0) is 9.53 Å². The summed E-state index contributed by atoms with van der Waals surface area (Å²) in [6.07, 6.45) is 0. The minimum Gasteiger partial charge on any atom is -0.480 e. The van der Waals surface area contributed by atoms with Gasteiger partial charge in [-0.05, 0) is 19.5 Å². The number of carboxylic acid groups (broad SMARTS) is 1. The third-order valence-electron chi connectivity index (χ3n) is 2.60. The van der Waals surface area contributed by atoms with Gasteiger partial charge in [-0.2, -0.15) is 0 Å². The number of aliphatic carboxylic acids is 1. The first-order chi connectivity index (χ1) is 9.14. The average Bonchev–Trinajstić information content (AvgIpc) is 2.28. The van der Waals surface area contributed by atoms with Crippen molar-refractivity contribution in [2.75, 3.05) is 40.4 Å². The van der Waals surface area contributed by atoms with Crippen LogP contribution in [0.25, 0.3) is 0 Å². The molecule has 0 rings (SSSR count). The Labute approximate surface area is 120 Å². The minimum absolute atomic E-state index is 0.343. The van der Waals surface area contributed by atoms with E-state index in [1.807, 2.05) is 19.0 Å². The SMILES string of the molecule is CN(C)CCOCCNC(=O)N[C@@H](C(=O)O)C(C)(C)C. The molecule has 20 heavy (non-hydrogen) atoms. The number of ether oxygens (including phenoxy) is 1. The summed E-state index contributed by atoms with van der Waals surface area (Å²) < 4.78 is 5.31. The van der Waals surface area contributed by atoms with Gasteiger partial charge >= 0.3 is 12.0 Å². The van der Waals surface area contributed by atoms with Crippen molar-refractivity contribution in [1.29, 1.82) is 0 Å². The summed E-state index contributed by atoms with van der Waals surface area (Å²) in [5.41, 5.74) is -0.550. The second kappa shape index (κ2) is 8.76. The van der Waals surface area contributed by atoms with E-state index in [1.165, 1.54) is 0 Å². The maximum atomic E-state index is 11.6. The number of urea groups is 1. The van der Waals surface area contributed by atoms with Gasteiger partial charge in [-0.15, -0.1) is 0 Å². The molecule has 3 N–H and O–H groups in total. The predicted octanol–water partition coefficient (Wildman–Crippen LogP) is 0.363. The van der Waals surface area contributed by atoms with Crippen LogP contribution in [0.5, 0.6) is 0 Å². The van der Waals surface area contributed by atoms with Crippen molar-refractivity contribution in [1.82, 2.24) is 15.5 Å². The zero-order valence-electron chi connectivity index (χ0n) is 13.0. The van der Waals surface area contributed by atoms with E-state index < -0.39 is 23.5 Å². The lowest BCUT2D eigenvalue weighted by molar-refractivity contribution is -0.141. The first kappa shape index (κ1) is 18.7. The molecule has 0 unspecified atom stereocenters. The quantitative estimate of drug-likeness (QED) is 0.561. The fourth-order valence-corrected chi connectivity index (χ4v) is 1.42. The molecule has 0 saturated carbocycles. The van der Waals surface area contributed by atoms with Crippen LogP contribution in [0.3, 0.4) is 0 Å². The molecule has 0 saturated heterocycles. The number of nitrogens with one attached hydrogen (secondary N) is 2. The Morgan fingerprint density at radius 2 is 1.85 bits per heavy atom. The standard InChI is InChI=1S/C13H27N3O4/c1-13(2,3)10(11(17)18)15-12(19)14-6-8-20-9-7-16(4)5/h10H,6-9H2,1-5H3,(H,17,18)(H2,14,15,19)/t10-/m0/s1. The molecule has 0 aromatic heterocycles. The molecule has 0 radical (unpaired) electrons. The Morgan fingerprint density at radius 3 is 2.30 bits per heavy atom. The molecule has 118 valence electrons. The number of carboxylic acids is 1. The van der Waals surface area contributed by atoms with Crippen molar-refractivity contribution < 1.29 is 19.4 Å². The van der Waals surface area contributed by atoms with Crippen molar-refractivity contribution >= 4 is 12.0 Å². The molecule has 0 aromatic rings. The van der Waals surface area contributed by atoms with E-state index >= 15 is 0 Å². The molecule has 7 nitrogen and oxygen atoms in total. The second-order valence-corrected chi connectivity index (χ2v) is 5.95. The Balaban J connectivity index is 3.90. The summed E-state index contributed by atoms with van der Waals surface area (Å²) >= 11 is 0. The first-order valence-electron chi connectivity index (χ1n) is 6.64. The molecular formula is C13H27N3O4. The summed E-state index contributed by atoms with van der Waals surface area (Å²) in [5.74, 6) is -1.05. The molecule has 7 heteroatoms. The predicted molar refractivity (Wildman–Crippen MR) is 76.8 cm³/mol. The first-order valence-corrected chi connectivity index (χ1v) is 6.64. The number of likely N-dealkylation sites (N-methyl/N-ethyl adjacent to an activating group) is 1. The summed E-state index contributed by atoms with van der Waals surface area (Å²) in [6.45, 7) is 7.43. The third-order valence-corrected chi connectivity index (χ3v) is 2.60. The van der Waals surface area contributed by atoms with E-state index in [-0.39, 0.29) is 0 Å². The van der Waals surface area contributed by atoms with Crippen molar-refractivity contribution in [2.45, 2.75) is 26.8 Å². The Hall–Kier alpha value is -1.34. The van der Waals surface area contributed by atoms with Gasteiger partial charge in [0.25, 0.3) is 0 Å². The molecule has 0 aliphatic carbocycles. The van der Waals surface area contributed by atoms with Crippen LogP contribution >= 0.6 is 0 Å². The Kier molecular flexibility index (Phi) is 8.17. The van der Waals surface area contributed by atoms with Crippen LogP contribution < -0.4 is 10.6 Å². The maximum absolute atomic E-state index is 11.6. The molecule has 2 amide bonds. The smallest absolute Gasteiger partial charge is 0.326 e. The fraction of sp³-hybridized carbons (Fsp3) is 0.846. The number of hydrogen-bond acceptors (Lipinski definition) is 4. The van der Waals surface area contributed by atoms with E-state index in [2.05, 4.69) is 10.6 Å². The molecule has 1 atom stereocenters. The van der Waals surface area contributed by atoms with Gasteiger partial charge in [-0.1, -0.05) is 20.8 Å². The molecule has 0 bridgehead atoms. The fourth-order valence-electron chi connectivity index (χ4n) is 1.42. The summed E-state index contributed by atoms with van der Waals surface area (Å²) in [5, 5.41) is 14.1. The van der Waals surface area contributed by atoms with Crippen molar-refractivity contribution in [3.8, 4) is 0 Å². The van der Waals surface area contributed by atoms with E-state index in [9.17, 15) is 9.59 Å². The highest BCUT2D eigenvalue weighted by Crippen LogP contribution is 2.19. The van der Waals surface area contributed by atoms with Gasteiger partial charge in [0.05, 0.1) is 13.2 Å². The van der Waals surface area contributed by atoms with Crippen LogP contribution in [-0.4, -0.2) is 68.4 Å². The van der Waals surface area contributed by atoms with Gasteiger partial charge in [0.15, 0.2) is 0 Å². The van der Waals surface area contributed by atoms with Crippen molar-refractivity contribution in [2.24, 2.45) is 5.41 Å². The minimum atomic E-state index is -1.05. The van der Waals surface area contributed by atoms with Crippen LogP contribution in [0.15, 0.2) is 0 Å². The molecule has 0 aromatic carbocycles. The van der Waals surface area contributed by atoms with Gasteiger partial charge in [0.2, 0.25) is 0 Å². The van der Waals surface area contributed by atoms with E-state index in [1.54, 1.807) is 20.8 Å². The highest BCUT2D eigenvalue weighted by Gasteiger charge is 2.32. The molecule has 0 aliphatic rings. The molecule has 0 fully saturated rings. The van der Waals surface area contributed by atoms with Gasteiger partial charge < -0.3 is 25.4 Å². The van der Waals surface area contributed by atoms with Gasteiger partial charge in [0, 0.05) is 13.1 Å². The van der Waals surface area contributed by atoms with Crippen LogP contribution in [0, 0.1) is 5.41 Å². The van der Waals surface area contributed by atoms with E-state index in [0.29, 0.717) is 19.8 Å². The maximum Gasteiger partial charge on any atom is 0.326 e. The lowest BCUT2D eigenvalue weighted by Gasteiger charge is -2.27. The monoisotopic (exact) mass is 289 g/mol. The van der Waals surface area contributed by atoms with Crippen LogP contribution in [0.1, 0.15) is 20.8 Å². The molecule has 0 aliphatic heterocycles. The molecule has 0 spiro atoms. The molecule has 0 heterocycles. The number of nitrogens with zero attached hydrogens (tertiary/aromatic N) is 1. The van der Waals surface area contributed by atoms with Gasteiger partial charge in [-0.3, -0.25) is 0 Å². The van der Waals surface area contributed by atoms with E-state index in [4.69, 9.17) is 9.84 Å². The molecular weight excluding hydrogens is 262 g/mol. The van der Waals surface area contributed by atoms with Gasteiger partial charge in [-0.25, -0.2) is 9.59 Å². The summed E-state index contributed by atoms with van der Waals surface area (Å²) in [4.78, 5) is 24.7. The number of carbonyl (C=O) groups is 2. The Bertz CT molecular complexity index is 313. The topological polar surface area (TPSA) is 90.9 Å². The highest BCUT2D eigenvalue weighted by atomic mass is 16.5. The zero-order valence-corrected chi connectivity index (χ0v) is 13.0. The highest BCUT2D eigenvalue weighted by molar-refractivity contribution is 5.83. The van der Waals surface area contributed by atoms with Crippen molar-refractivity contribution in [3.05, 3.63) is 0 Å². The van der Waals surface area contributed by atoms with Crippen LogP contribution in [0.2, 0.25) is 0 Å². The number of carbonyl (C=O) groups excluding carboxylic acids is 1. The van der Waals surface area contributed by atoms with E-state index in [0.717, 1.165) is 6.54 Å². The number of hydrogen-bond donors (Lipinski definition) is 3. The summed E-state index contributed by atoms with van der Waals surface area (Å²) in [6, 6.07) is -1.43. The second-order valence-electron chi connectivity index (χ2n) is 5.95. The lowest BCUT2D eigenvalue weighted by atomic mass is 9.87. The normalized spacial score (nSPS) is 13.1. The average molecular weight is 289 g/mol. The summed E-state index contributed by atoms with van der Waals surface area (Å²) in [7, 11) is 3.90. The number of rotatable bonds is 8. The third kappa shape index (κ3) is 8.71. The zero-order chi connectivity index (χ0) is 15.8. The van der Waals surface area contributed by atoms with Crippen LogP contribution in [0.4, 0.5) is 4.79 Å². The largest absolute Gasteiger partial charge is 0.480 e. The van der Waals surface area contributed by atoms with Gasteiger partial charge in [0.1, 0.15) is 6.04 Å². The number of amides is 2.